The van der Waals surface area contributed by atoms with E-state index in [1.807, 2.05) is 0 Å². The SMILES string of the molecule is COc1c(O)cc(F)c(C(=O)C(=O)O)c1Br. The molecule has 86 valence electrons. The molecule has 0 saturated carbocycles. The second kappa shape index (κ2) is 4.48. The molecule has 0 aliphatic rings. The Morgan fingerprint density at radius 3 is 2.50 bits per heavy atom. The summed E-state index contributed by atoms with van der Waals surface area (Å²) in [5.74, 6) is -5.10. The van der Waals surface area contributed by atoms with Crippen LogP contribution in [0.5, 0.6) is 11.5 Å². The van der Waals surface area contributed by atoms with Crippen molar-refractivity contribution < 1.29 is 28.9 Å². The maximum Gasteiger partial charge on any atom is 0.377 e. The number of ether oxygens (including phenoxy) is 1. The standard InChI is InChI=1S/C9H6BrFO5/c1-16-8-4(12)2-3(11)5(6(8)10)7(13)9(14)15/h2,12H,1H3,(H,14,15). The molecule has 0 unspecified atom stereocenters. The van der Waals surface area contributed by atoms with Gasteiger partial charge in [-0.1, -0.05) is 0 Å². The van der Waals surface area contributed by atoms with Gasteiger partial charge in [0, 0.05) is 6.07 Å². The van der Waals surface area contributed by atoms with Gasteiger partial charge in [-0.25, -0.2) is 9.18 Å². The summed E-state index contributed by atoms with van der Waals surface area (Å²) in [6.45, 7) is 0. The Bertz CT molecular complexity index is 471. The second-order valence-electron chi connectivity index (χ2n) is 2.73. The molecule has 0 radical (unpaired) electrons. The van der Waals surface area contributed by atoms with Gasteiger partial charge >= 0.3 is 5.97 Å². The smallest absolute Gasteiger partial charge is 0.377 e. The second-order valence-corrected chi connectivity index (χ2v) is 3.53. The number of hydrogen-bond acceptors (Lipinski definition) is 4. The Balaban J connectivity index is 3.51. The van der Waals surface area contributed by atoms with Crippen molar-refractivity contribution in [2.45, 2.75) is 0 Å². The van der Waals surface area contributed by atoms with Crippen molar-refractivity contribution in [2.24, 2.45) is 0 Å². The summed E-state index contributed by atoms with van der Waals surface area (Å²) in [5.41, 5.74) is -0.692. The first-order valence-corrected chi connectivity index (χ1v) is 4.72. The molecule has 5 nitrogen and oxygen atoms in total. The number of carbonyl (C=O) groups is 2. The molecule has 0 bridgehead atoms. The van der Waals surface area contributed by atoms with E-state index >= 15 is 0 Å². The molecule has 0 aliphatic heterocycles. The van der Waals surface area contributed by atoms with Gasteiger partial charge in [-0.05, 0) is 15.9 Å². The van der Waals surface area contributed by atoms with Gasteiger partial charge in [0.25, 0.3) is 5.78 Å². The van der Waals surface area contributed by atoms with E-state index in [-0.39, 0.29) is 10.2 Å². The number of phenols is 1. The largest absolute Gasteiger partial charge is 0.504 e. The maximum absolute atomic E-state index is 13.3. The number of ketones is 1. The Labute approximate surface area is 97.6 Å². The van der Waals surface area contributed by atoms with Crippen LogP contribution >= 0.6 is 15.9 Å². The van der Waals surface area contributed by atoms with E-state index in [0.29, 0.717) is 6.07 Å². The zero-order valence-electron chi connectivity index (χ0n) is 7.95. The molecule has 1 aromatic rings. The molecule has 0 saturated heterocycles. The Morgan fingerprint density at radius 1 is 1.50 bits per heavy atom. The molecule has 0 aliphatic carbocycles. The normalized spacial score (nSPS) is 9.94. The molecule has 16 heavy (non-hydrogen) atoms. The van der Waals surface area contributed by atoms with Crippen LogP contribution in [0, 0.1) is 5.82 Å². The van der Waals surface area contributed by atoms with E-state index in [2.05, 4.69) is 15.9 Å². The molecule has 0 fully saturated rings. The molecule has 2 N–H and O–H groups in total. The number of aromatic hydroxyl groups is 1. The van der Waals surface area contributed by atoms with Gasteiger partial charge in [0.2, 0.25) is 0 Å². The van der Waals surface area contributed by atoms with E-state index in [9.17, 15) is 19.1 Å². The topological polar surface area (TPSA) is 83.8 Å². The lowest BCUT2D eigenvalue weighted by Gasteiger charge is -2.09. The van der Waals surface area contributed by atoms with Crippen molar-refractivity contribution in [3.63, 3.8) is 0 Å². The minimum absolute atomic E-state index is 0.203. The predicted molar refractivity (Wildman–Crippen MR) is 54.3 cm³/mol. The fourth-order valence-corrected chi connectivity index (χ4v) is 1.83. The Kier molecular flexibility index (Phi) is 3.48. The van der Waals surface area contributed by atoms with Gasteiger partial charge in [0.05, 0.1) is 17.1 Å². The van der Waals surface area contributed by atoms with E-state index in [1.165, 1.54) is 7.11 Å². The highest BCUT2D eigenvalue weighted by Gasteiger charge is 2.26. The van der Waals surface area contributed by atoms with Crippen LogP contribution in [0.4, 0.5) is 4.39 Å². The highest BCUT2D eigenvalue weighted by atomic mass is 79.9. The molecule has 0 spiro atoms. The first kappa shape index (κ1) is 12.4. The minimum Gasteiger partial charge on any atom is -0.504 e. The Morgan fingerprint density at radius 2 is 2.06 bits per heavy atom. The summed E-state index contributed by atoms with van der Waals surface area (Å²) >= 11 is 2.80. The highest BCUT2D eigenvalue weighted by molar-refractivity contribution is 9.10. The molecule has 0 aromatic heterocycles. The number of benzene rings is 1. The van der Waals surface area contributed by atoms with Crippen molar-refractivity contribution in [3.8, 4) is 11.5 Å². The van der Waals surface area contributed by atoms with Crippen LogP contribution in [0.3, 0.4) is 0 Å². The zero-order valence-corrected chi connectivity index (χ0v) is 9.54. The third-order valence-corrected chi connectivity index (χ3v) is 2.54. The maximum atomic E-state index is 13.3. The molecular formula is C9H6BrFO5. The number of aliphatic carboxylic acids is 1. The van der Waals surface area contributed by atoms with Crippen molar-refractivity contribution >= 4 is 27.7 Å². The summed E-state index contributed by atoms with van der Waals surface area (Å²) in [6.07, 6.45) is 0. The quantitative estimate of drug-likeness (QED) is 0.653. The number of methoxy groups -OCH3 is 1. The number of rotatable bonds is 3. The number of carboxylic acid groups (broad SMARTS) is 1. The van der Waals surface area contributed by atoms with Crippen LogP contribution in [0.2, 0.25) is 0 Å². The number of Topliss-reactive ketones (excluding diaryl/α,β-unsaturated/α-hetero) is 1. The van der Waals surface area contributed by atoms with Gasteiger partial charge in [0.1, 0.15) is 5.82 Å². The molecular weight excluding hydrogens is 287 g/mol. The van der Waals surface area contributed by atoms with Crippen LogP contribution in [-0.2, 0) is 4.79 Å². The van der Waals surface area contributed by atoms with Gasteiger partial charge in [0.15, 0.2) is 11.5 Å². The molecule has 0 amide bonds. The van der Waals surface area contributed by atoms with Crippen molar-refractivity contribution in [1.82, 2.24) is 0 Å². The molecule has 7 heteroatoms. The monoisotopic (exact) mass is 292 g/mol. The van der Waals surface area contributed by atoms with Crippen LogP contribution in [0.25, 0.3) is 0 Å². The van der Waals surface area contributed by atoms with Gasteiger partial charge in [-0.2, -0.15) is 0 Å². The summed E-state index contributed by atoms with van der Waals surface area (Å²) in [4.78, 5) is 21.6. The lowest BCUT2D eigenvalue weighted by molar-refractivity contribution is -0.131. The van der Waals surface area contributed by atoms with Crippen molar-refractivity contribution in [1.29, 1.82) is 0 Å². The number of carbonyl (C=O) groups excluding carboxylic acids is 1. The minimum atomic E-state index is -1.80. The van der Waals surface area contributed by atoms with E-state index in [1.54, 1.807) is 0 Å². The first-order chi connectivity index (χ1) is 7.40. The lowest BCUT2D eigenvalue weighted by Crippen LogP contribution is -2.15. The Hall–Kier alpha value is -1.63. The average molecular weight is 293 g/mol. The van der Waals surface area contributed by atoms with E-state index in [4.69, 9.17) is 9.84 Å². The molecule has 0 heterocycles. The third kappa shape index (κ3) is 1.99. The van der Waals surface area contributed by atoms with Crippen LogP contribution in [0.15, 0.2) is 10.5 Å². The third-order valence-electron chi connectivity index (χ3n) is 1.78. The average Bonchev–Trinajstić information content (AvgIpc) is 2.17. The summed E-state index contributed by atoms with van der Waals surface area (Å²) < 4.78 is 17.8. The zero-order chi connectivity index (χ0) is 12.5. The number of halogens is 2. The molecule has 1 rings (SSSR count). The van der Waals surface area contributed by atoms with Crippen LogP contribution in [0.1, 0.15) is 10.4 Å². The van der Waals surface area contributed by atoms with Crippen LogP contribution in [-0.4, -0.2) is 29.1 Å². The number of hydrogen-bond donors (Lipinski definition) is 2. The summed E-state index contributed by atoms with van der Waals surface area (Å²) in [7, 11) is 1.19. The first-order valence-electron chi connectivity index (χ1n) is 3.92. The molecule has 1 aromatic carbocycles. The van der Waals surface area contributed by atoms with E-state index < -0.39 is 28.9 Å². The number of phenolic OH excluding ortho intramolecular Hbond substituents is 1. The number of carboxylic acids is 1. The lowest BCUT2D eigenvalue weighted by atomic mass is 10.1. The summed E-state index contributed by atoms with van der Waals surface area (Å²) in [5, 5.41) is 17.7. The molecule has 0 atom stereocenters. The van der Waals surface area contributed by atoms with Crippen molar-refractivity contribution in [3.05, 3.63) is 21.9 Å². The van der Waals surface area contributed by atoms with Crippen molar-refractivity contribution in [2.75, 3.05) is 7.11 Å². The van der Waals surface area contributed by atoms with Gasteiger partial charge in [-0.3, -0.25) is 4.79 Å². The van der Waals surface area contributed by atoms with E-state index in [0.717, 1.165) is 0 Å². The van der Waals surface area contributed by atoms with Gasteiger partial charge < -0.3 is 14.9 Å². The highest BCUT2D eigenvalue weighted by Crippen LogP contribution is 2.38. The fourth-order valence-electron chi connectivity index (χ4n) is 1.10. The van der Waals surface area contributed by atoms with Gasteiger partial charge in [-0.15, -0.1) is 0 Å². The summed E-state index contributed by atoms with van der Waals surface area (Å²) in [6, 6.07) is 0.611. The predicted octanol–water partition coefficient (Wildman–Crippen LogP) is 1.57. The van der Waals surface area contributed by atoms with Crippen LogP contribution < -0.4 is 4.74 Å². The fraction of sp³-hybridized carbons (Fsp3) is 0.111.